The first-order chi connectivity index (χ1) is 7.67. The third-order valence-corrected chi connectivity index (χ3v) is 2.75. The molecule has 0 spiro atoms. The van der Waals surface area contributed by atoms with Gasteiger partial charge in [-0.1, -0.05) is 6.92 Å². The van der Waals surface area contributed by atoms with Crippen LogP contribution in [0.25, 0.3) is 10.9 Å². The van der Waals surface area contributed by atoms with Crippen molar-refractivity contribution in [3.63, 3.8) is 0 Å². The van der Waals surface area contributed by atoms with E-state index in [1.807, 2.05) is 13.8 Å². The number of anilines is 1. The maximum Gasteiger partial charge on any atom is 0.124 e. The third kappa shape index (κ3) is 1.61. The SMILES string of the molecule is CCc1c(C)nc2ccc(F)cc2c1NN. The fourth-order valence-corrected chi connectivity index (χ4v) is 2.00. The molecule has 16 heavy (non-hydrogen) atoms. The van der Waals surface area contributed by atoms with Gasteiger partial charge in [0, 0.05) is 11.1 Å². The van der Waals surface area contributed by atoms with E-state index < -0.39 is 0 Å². The van der Waals surface area contributed by atoms with E-state index in [4.69, 9.17) is 5.84 Å². The van der Waals surface area contributed by atoms with Crippen molar-refractivity contribution >= 4 is 16.6 Å². The van der Waals surface area contributed by atoms with Gasteiger partial charge < -0.3 is 5.43 Å². The Morgan fingerprint density at radius 2 is 2.19 bits per heavy atom. The fourth-order valence-electron chi connectivity index (χ4n) is 2.00. The summed E-state index contributed by atoms with van der Waals surface area (Å²) in [5, 5.41) is 0.727. The van der Waals surface area contributed by atoms with Crippen LogP contribution in [0.2, 0.25) is 0 Å². The Morgan fingerprint density at radius 1 is 1.44 bits per heavy atom. The lowest BCUT2D eigenvalue weighted by atomic mass is 10.0. The smallest absolute Gasteiger partial charge is 0.124 e. The van der Waals surface area contributed by atoms with Gasteiger partial charge in [0.2, 0.25) is 0 Å². The predicted octanol–water partition coefficient (Wildman–Crippen LogP) is 2.53. The molecule has 4 heteroatoms. The van der Waals surface area contributed by atoms with E-state index >= 15 is 0 Å². The Hall–Kier alpha value is -1.68. The number of halogens is 1. The van der Waals surface area contributed by atoms with E-state index in [9.17, 15) is 4.39 Å². The molecular weight excluding hydrogens is 205 g/mol. The number of rotatable bonds is 2. The second kappa shape index (κ2) is 4.06. The van der Waals surface area contributed by atoms with Gasteiger partial charge in [-0.15, -0.1) is 0 Å². The highest BCUT2D eigenvalue weighted by Gasteiger charge is 2.10. The van der Waals surface area contributed by atoms with Crippen molar-refractivity contribution in [1.29, 1.82) is 0 Å². The van der Waals surface area contributed by atoms with E-state index in [1.165, 1.54) is 12.1 Å². The molecule has 3 N–H and O–H groups in total. The number of pyridine rings is 1. The average Bonchev–Trinajstić information content (AvgIpc) is 2.28. The molecule has 84 valence electrons. The molecule has 2 aromatic rings. The topological polar surface area (TPSA) is 50.9 Å². The van der Waals surface area contributed by atoms with Crippen molar-refractivity contribution in [2.45, 2.75) is 20.3 Å². The number of aromatic nitrogens is 1. The number of nitrogen functional groups attached to an aromatic ring is 1. The Bertz CT molecular complexity index is 537. The molecule has 0 aliphatic rings. The molecule has 0 aliphatic carbocycles. The molecule has 0 atom stereocenters. The molecule has 0 bridgehead atoms. The van der Waals surface area contributed by atoms with Crippen molar-refractivity contribution in [2.75, 3.05) is 5.43 Å². The van der Waals surface area contributed by atoms with Crippen LogP contribution in [0.5, 0.6) is 0 Å². The molecule has 0 unspecified atom stereocenters. The van der Waals surface area contributed by atoms with Gasteiger partial charge >= 0.3 is 0 Å². The third-order valence-electron chi connectivity index (χ3n) is 2.75. The normalized spacial score (nSPS) is 10.8. The number of benzene rings is 1. The molecule has 0 amide bonds. The van der Waals surface area contributed by atoms with E-state index in [0.717, 1.165) is 34.3 Å². The Morgan fingerprint density at radius 3 is 2.81 bits per heavy atom. The number of hydrogen-bond donors (Lipinski definition) is 2. The summed E-state index contributed by atoms with van der Waals surface area (Å²) >= 11 is 0. The van der Waals surface area contributed by atoms with Crippen LogP contribution in [0.3, 0.4) is 0 Å². The highest BCUT2D eigenvalue weighted by atomic mass is 19.1. The highest BCUT2D eigenvalue weighted by Crippen LogP contribution is 2.28. The number of nitrogens with one attached hydrogen (secondary N) is 1. The minimum atomic E-state index is -0.281. The summed E-state index contributed by atoms with van der Waals surface area (Å²) in [6.45, 7) is 3.96. The lowest BCUT2D eigenvalue weighted by Gasteiger charge is -2.13. The highest BCUT2D eigenvalue weighted by molar-refractivity contribution is 5.93. The first kappa shape index (κ1) is 10.8. The molecule has 2 rings (SSSR count). The van der Waals surface area contributed by atoms with Gasteiger partial charge in [0.15, 0.2) is 0 Å². The molecule has 1 heterocycles. The van der Waals surface area contributed by atoms with Crippen LogP contribution in [0, 0.1) is 12.7 Å². The van der Waals surface area contributed by atoms with Gasteiger partial charge in [-0.25, -0.2) is 4.39 Å². The van der Waals surface area contributed by atoms with Crippen molar-refractivity contribution in [2.24, 2.45) is 5.84 Å². The molecule has 3 nitrogen and oxygen atoms in total. The second-order valence-corrected chi connectivity index (χ2v) is 3.71. The molecular formula is C12H14FN3. The lowest BCUT2D eigenvalue weighted by molar-refractivity contribution is 0.629. The summed E-state index contributed by atoms with van der Waals surface area (Å²) in [5.41, 5.74) is 6.13. The molecule has 1 aromatic heterocycles. The number of nitrogens with two attached hydrogens (primary N) is 1. The van der Waals surface area contributed by atoms with Crippen LogP contribution in [-0.4, -0.2) is 4.98 Å². The lowest BCUT2D eigenvalue weighted by Crippen LogP contribution is -2.11. The summed E-state index contributed by atoms with van der Waals surface area (Å²) in [5.74, 6) is 5.23. The van der Waals surface area contributed by atoms with E-state index in [0.29, 0.717) is 0 Å². The largest absolute Gasteiger partial charge is 0.323 e. The van der Waals surface area contributed by atoms with Crippen LogP contribution in [0.15, 0.2) is 18.2 Å². The summed E-state index contributed by atoms with van der Waals surface area (Å²) in [6, 6.07) is 4.52. The molecule has 0 saturated carbocycles. The van der Waals surface area contributed by atoms with E-state index in [2.05, 4.69) is 10.4 Å². The molecule has 0 aliphatic heterocycles. The fraction of sp³-hybridized carbons (Fsp3) is 0.250. The maximum absolute atomic E-state index is 13.2. The molecule has 1 aromatic carbocycles. The molecule has 0 saturated heterocycles. The minimum Gasteiger partial charge on any atom is -0.323 e. The van der Waals surface area contributed by atoms with Crippen LogP contribution < -0.4 is 11.3 Å². The Labute approximate surface area is 93.5 Å². The number of fused-ring (bicyclic) bond motifs is 1. The van der Waals surface area contributed by atoms with Crippen molar-refractivity contribution in [3.05, 3.63) is 35.3 Å². The van der Waals surface area contributed by atoms with Gasteiger partial charge in [0.1, 0.15) is 5.82 Å². The van der Waals surface area contributed by atoms with E-state index in [1.54, 1.807) is 6.07 Å². The first-order valence-electron chi connectivity index (χ1n) is 5.22. The quantitative estimate of drug-likeness (QED) is 0.602. The zero-order valence-electron chi connectivity index (χ0n) is 9.34. The number of hydrazine groups is 1. The summed E-state index contributed by atoms with van der Waals surface area (Å²) < 4.78 is 13.2. The van der Waals surface area contributed by atoms with Crippen LogP contribution in [0.4, 0.5) is 10.1 Å². The average molecular weight is 219 g/mol. The predicted molar refractivity (Wildman–Crippen MR) is 63.6 cm³/mol. The van der Waals surface area contributed by atoms with Gasteiger partial charge in [-0.2, -0.15) is 0 Å². The number of aryl methyl sites for hydroxylation is 1. The van der Waals surface area contributed by atoms with Gasteiger partial charge in [-0.3, -0.25) is 10.8 Å². The monoisotopic (exact) mass is 219 g/mol. The molecule has 0 fully saturated rings. The standard InChI is InChI=1S/C12H14FN3/c1-3-9-7(2)15-11-5-4-8(13)6-10(11)12(9)16-14/h4-6H,3,14H2,1-2H3,(H,15,16). The maximum atomic E-state index is 13.2. The first-order valence-corrected chi connectivity index (χ1v) is 5.22. The number of hydrogen-bond acceptors (Lipinski definition) is 3. The zero-order chi connectivity index (χ0) is 11.7. The second-order valence-electron chi connectivity index (χ2n) is 3.71. The summed E-state index contributed by atoms with van der Waals surface area (Å²) in [6.07, 6.45) is 0.810. The van der Waals surface area contributed by atoms with Crippen molar-refractivity contribution in [1.82, 2.24) is 4.98 Å². The number of nitrogens with zero attached hydrogens (tertiary/aromatic N) is 1. The van der Waals surface area contributed by atoms with Gasteiger partial charge in [-0.05, 0) is 37.1 Å². The van der Waals surface area contributed by atoms with Crippen LogP contribution in [0.1, 0.15) is 18.2 Å². The van der Waals surface area contributed by atoms with Crippen LogP contribution in [-0.2, 0) is 6.42 Å². The van der Waals surface area contributed by atoms with E-state index in [-0.39, 0.29) is 5.82 Å². The zero-order valence-corrected chi connectivity index (χ0v) is 9.34. The van der Waals surface area contributed by atoms with Gasteiger partial charge in [0.05, 0.1) is 11.2 Å². The summed E-state index contributed by atoms with van der Waals surface area (Å²) in [4.78, 5) is 4.43. The van der Waals surface area contributed by atoms with Gasteiger partial charge in [0.25, 0.3) is 0 Å². The Kier molecular flexibility index (Phi) is 2.75. The molecule has 0 radical (unpaired) electrons. The Balaban J connectivity index is 2.86. The summed E-state index contributed by atoms with van der Waals surface area (Å²) in [7, 11) is 0. The van der Waals surface area contributed by atoms with Crippen molar-refractivity contribution in [3.8, 4) is 0 Å². The minimum absolute atomic E-state index is 0.281. The van der Waals surface area contributed by atoms with Crippen LogP contribution >= 0.6 is 0 Å². The van der Waals surface area contributed by atoms with Crippen molar-refractivity contribution < 1.29 is 4.39 Å².